The monoisotopic (exact) mass is 609 g/mol. The van der Waals surface area contributed by atoms with E-state index in [1.54, 1.807) is 19.1 Å². The van der Waals surface area contributed by atoms with Crippen LogP contribution in [0.2, 0.25) is 5.02 Å². The molecular formula is C31H29ClFN3O5S. The van der Waals surface area contributed by atoms with E-state index in [0.717, 1.165) is 59.8 Å². The molecule has 1 saturated heterocycles. The van der Waals surface area contributed by atoms with Crippen molar-refractivity contribution >= 4 is 44.8 Å². The number of benzene rings is 2. The minimum Gasteiger partial charge on any atom is -0.465 e. The Balaban J connectivity index is 1.10. The van der Waals surface area contributed by atoms with Crippen LogP contribution in [0.5, 0.6) is 11.5 Å². The smallest absolute Gasteiger partial charge is 0.348 e. The van der Waals surface area contributed by atoms with Crippen LogP contribution < -0.4 is 9.47 Å². The molecule has 2 atom stereocenters. The van der Waals surface area contributed by atoms with Crippen LogP contribution in [-0.4, -0.2) is 53.3 Å². The minimum absolute atomic E-state index is 0.157. The molecule has 3 aliphatic heterocycles. The second kappa shape index (κ2) is 10.7. The summed E-state index contributed by atoms with van der Waals surface area (Å²) in [5, 5.41) is 0.317. The Morgan fingerprint density at radius 3 is 2.83 bits per heavy atom. The number of ether oxygens (including phenoxy) is 4. The van der Waals surface area contributed by atoms with Gasteiger partial charge in [0.25, 0.3) is 5.79 Å². The van der Waals surface area contributed by atoms with Gasteiger partial charge in [0.05, 0.1) is 37.4 Å². The van der Waals surface area contributed by atoms with Gasteiger partial charge in [0.1, 0.15) is 21.3 Å². The van der Waals surface area contributed by atoms with Gasteiger partial charge in [-0.25, -0.2) is 14.2 Å². The Kier molecular flexibility index (Phi) is 6.97. The number of methoxy groups -OCH3 is 1. The van der Waals surface area contributed by atoms with Gasteiger partial charge in [0.15, 0.2) is 11.5 Å². The molecular weight excluding hydrogens is 581 g/mol. The molecule has 0 N–H and O–H groups in total. The highest BCUT2D eigenvalue weighted by atomic mass is 35.5. The summed E-state index contributed by atoms with van der Waals surface area (Å²) in [4.78, 5) is 20.8. The third-order valence-corrected chi connectivity index (χ3v) is 9.33. The van der Waals surface area contributed by atoms with Crippen LogP contribution in [-0.2, 0) is 28.4 Å². The maximum Gasteiger partial charge on any atom is 0.348 e. The fourth-order valence-electron chi connectivity index (χ4n) is 5.77. The van der Waals surface area contributed by atoms with Crippen molar-refractivity contribution in [1.82, 2.24) is 14.5 Å². The van der Waals surface area contributed by atoms with Crippen molar-refractivity contribution in [3.8, 4) is 11.5 Å². The van der Waals surface area contributed by atoms with Gasteiger partial charge in [-0.2, -0.15) is 0 Å². The van der Waals surface area contributed by atoms with Gasteiger partial charge in [-0.15, -0.1) is 11.3 Å². The Hall–Kier alpha value is -3.44. The molecule has 0 amide bonds. The fraction of sp³-hybridized carbons (Fsp3) is 0.355. The number of imidazole rings is 1. The zero-order valence-corrected chi connectivity index (χ0v) is 24.8. The lowest BCUT2D eigenvalue weighted by Gasteiger charge is -2.29. The number of thiophene rings is 1. The number of carbonyl (C=O) groups is 1. The van der Waals surface area contributed by atoms with E-state index in [-0.39, 0.29) is 12.1 Å². The molecule has 0 saturated carbocycles. The molecule has 5 heterocycles. The average molecular weight is 610 g/mol. The molecule has 3 aliphatic rings. The number of nitrogens with zero attached hydrogens (tertiary/aromatic N) is 3. The number of hydrogen-bond donors (Lipinski definition) is 0. The van der Waals surface area contributed by atoms with Crippen molar-refractivity contribution < 1.29 is 28.1 Å². The highest BCUT2D eigenvalue weighted by molar-refractivity contribution is 7.20. The van der Waals surface area contributed by atoms with Crippen molar-refractivity contribution in [3.05, 3.63) is 81.2 Å². The molecule has 0 radical (unpaired) electrons. The Morgan fingerprint density at radius 2 is 2.12 bits per heavy atom. The van der Waals surface area contributed by atoms with Crippen LogP contribution >= 0.6 is 22.9 Å². The summed E-state index contributed by atoms with van der Waals surface area (Å²) in [5.74, 6) is 0.0376. The van der Waals surface area contributed by atoms with Gasteiger partial charge in [0, 0.05) is 37.2 Å². The third kappa shape index (κ3) is 4.86. The molecule has 8 nitrogen and oxygen atoms in total. The van der Waals surface area contributed by atoms with Gasteiger partial charge in [-0.1, -0.05) is 29.8 Å². The van der Waals surface area contributed by atoms with E-state index in [9.17, 15) is 9.18 Å². The summed E-state index contributed by atoms with van der Waals surface area (Å²) in [5.41, 5.74) is 3.34. The Labute approximate surface area is 251 Å². The standard InChI is InChI=1S/C31H29ClFN3O5S/c1-31(22-7-6-19(32)14-23(22)33)40-25-5-3-4-21(28(25)41-31)18-8-11-35(12-9-18)17-27-34-29-24(15-26(42-29)30(37)38-2)36(27)16-20-10-13-39-20/h3-8,14-15,20H,9-13,16-17H2,1-2H3/t20-,31?/m0/s1. The number of rotatable bonds is 7. The molecule has 1 unspecified atom stereocenters. The minimum atomic E-state index is -1.30. The summed E-state index contributed by atoms with van der Waals surface area (Å²) in [6.45, 7) is 5.44. The summed E-state index contributed by atoms with van der Waals surface area (Å²) >= 11 is 7.32. The van der Waals surface area contributed by atoms with E-state index >= 15 is 0 Å². The predicted molar refractivity (Wildman–Crippen MR) is 158 cm³/mol. The molecule has 218 valence electrons. The summed E-state index contributed by atoms with van der Waals surface area (Å²) in [7, 11) is 1.39. The lowest BCUT2D eigenvalue weighted by Crippen LogP contribution is -2.33. The first kappa shape index (κ1) is 27.4. The SMILES string of the molecule is COC(=O)c1cc2c(nc(CN3CC=C(c4cccc5c4OC(C)(c4ccc(Cl)cc4F)O5)CC3)n2C[C@@H]2CCO2)s1. The normalized spacial score (nSPS) is 21.8. The van der Waals surface area contributed by atoms with E-state index in [2.05, 4.69) is 15.5 Å². The second-order valence-corrected chi connectivity index (χ2v) is 12.3. The van der Waals surface area contributed by atoms with E-state index in [0.29, 0.717) is 40.1 Å². The molecule has 4 aromatic rings. The number of halogens is 2. The Morgan fingerprint density at radius 1 is 1.26 bits per heavy atom. The van der Waals surface area contributed by atoms with Gasteiger partial charge >= 0.3 is 5.97 Å². The quantitative estimate of drug-likeness (QED) is 0.225. The van der Waals surface area contributed by atoms with Gasteiger partial charge in [-0.3, -0.25) is 4.90 Å². The van der Waals surface area contributed by atoms with Gasteiger partial charge in [-0.05, 0) is 48.7 Å². The van der Waals surface area contributed by atoms with E-state index in [1.807, 2.05) is 24.3 Å². The summed E-state index contributed by atoms with van der Waals surface area (Å²) in [6, 6.07) is 12.2. The van der Waals surface area contributed by atoms with Crippen LogP contribution in [0, 0.1) is 5.82 Å². The van der Waals surface area contributed by atoms with Gasteiger partial charge in [0.2, 0.25) is 0 Å². The molecule has 2 aromatic carbocycles. The van der Waals surface area contributed by atoms with Crippen LogP contribution in [0.3, 0.4) is 0 Å². The van der Waals surface area contributed by atoms with Crippen LogP contribution in [0.1, 0.15) is 46.4 Å². The largest absolute Gasteiger partial charge is 0.465 e. The number of fused-ring (bicyclic) bond motifs is 2. The first-order chi connectivity index (χ1) is 20.3. The Bertz CT molecular complexity index is 1730. The number of esters is 1. The number of hydrogen-bond acceptors (Lipinski definition) is 8. The lowest BCUT2D eigenvalue weighted by atomic mass is 9.98. The summed E-state index contributed by atoms with van der Waals surface area (Å²) < 4.78 is 40.1. The maximum atomic E-state index is 14.8. The molecule has 42 heavy (non-hydrogen) atoms. The van der Waals surface area contributed by atoms with Crippen molar-refractivity contribution in [3.63, 3.8) is 0 Å². The van der Waals surface area contributed by atoms with Crippen molar-refractivity contribution in [1.29, 1.82) is 0 Å². The third-order valence-electron chi connectivity index (χ3n) is 8.10. The number of para-hydroxylation sites is 1. The molecule has 11 heteroatoms. The molecule has 1 fully saturated rings. The zero-order chi connectivity index (χ0) is 29.0. The molecule has 0 spiro atoms. The highest BCUT2D eigenvalue weighted by Crippen LogP contribution is 2.49. The molecule has 2 aromatic heterocycles. The van der Waals surface area contributed by atoms with Crippen molar-refractivity contribution in [2.45, 2.75) is 44.7 Å². The van der Waals surface area contributed by atoms with E-state index in [1.165, 1.54) is 24.5 Å². The second-order valence-electron chi connectivity index (χ2n) is 10.8. The molecule has 0 aliphatic carbocycles. The van der Waals surface area contributed by atoms with E-state index in [4.69, 9.17) is 35.5 Å². The predicted octanol–water partition coefficient (Wildman–Crippen LogP) is 6.40. The zero-order valence-electron chi connectivity index (χ0n) is 23.2. The first-order valence-corrected chi connectivity index (χ1v) is 15.1. The van der Waals surface area contributed by atoms with Crippen LogP contribution in [0.25, 0.3) is 15.9 Å². The summed E-state index contributed by atoms with van der Waals surface area (Å²) in [6.07, 6.45) is 4.19. The van der Waals surface area contributed by atoms with Gasteiger partial charge < -0.3 is 23.5 Å². The van der Waals surface area contributed by atoms with Crippen molar-refractivity contribution in [2.75, 3.05) is 26.8 Å². The van der Waals surface area contributed by atoms with Crippen LogP contribution in [0.4, 0.5) is 4.39 Å². The highest BCUT2D eigenvalue weighted by Gasteiger charge is 2.42. The van der Waals surface area contributed by atoms with Crippen LogP contribution in [0.15, 0.2) is 48.5 Å². The molecule has 0 bridgehead atoms. The lowest BCUT2D eigenvalue weighted by molar-refractivity contribution is -0.0708. The number of carbonyl (C=O) groups excluding carboxylic acids is 1. The topological polar surface area (TPSA) is 75.0 Å². The average Bonchev–Trinajstić information content (AvgIpc) is 3.61. The fourth-order valence-corrected chi connectivity index (χ4v) is 6.90. The maximum absolute atomic E-state index is 14.8. The number of aromatic nitrogens is 2. The van der Waals surface area contributed by atoms with Crippen molar-refractivity contribution in [2.24, 2.45) is 0 Å². The first-order valence-electron chi connectivity index (χ1n) is 13.9. The molecule has 7 rings (SSSR count). The van der Waals surface area contributed by atoms with E-state index < -0.39 is 11.6 Å².